The Hall–Kier alpha value is -1.31. The van der Waals surface area contributed by atoms with Gasteiger partial charge in [0.05, 0.1) is 5.41 Å². The largest absolute Gasteiger partial charge is 0.426 e. The lowest BCUT2D eigenvalue weighted by molar-refractivity contribution is -0.149. The Morgan fingerprint density at radius 1 is 0.867 bits per heavy atom. The van der Waals surface area contributed by atoms with Gasteiger partial charge in [0.1, 0.15) is 5.75 Å². The van der Waals surface area contributed by atoms with Crippen molar-refractivity contribution in [3.8, 4) is 5.75 Å². The molecule has 3 rings (SSSR count). The van der Waals surface area contributed by atoms with Crippen molar-refractivity contribution in [1.29, 1.82) is 0 Å². The zero-order valence-electron chi connectivity index (χ0n) is 19.6. The SMILES string of the molecule is CCCCCc1ccc(OC(=O)[C@]2(CCCC)CC[C@H](C3CCCCC3)CC2)cc1. The van der Waals surface area contributed by atoms with Gasteiger partial charge in [-0.15, -0.1) is 0 Å². The highest BCUT2D eigenvalue weighted by Gasteiger charge is 2.44. The third kappa shape index (κ3) is 6.34. The summed E-state index contributed by atoms with van der Waals surface area (Å²) in [6.07, 6.45) is 19.7. The maximum Gasteiger partial charge on any atom is 0.317 e. The summed E-state index contributed by atoms with van der Waals surface area (Å²) in [7, 11) is 0. The van der Waals surface area contributed by atoms with Gasteiger partial charge in [0.2, 0.25) is 0 Å². The summed E-state index contributed by atoms with van der Waals surface area (Å²) in [5, 5.41) is 0. The number of aryl methyl sites for hydroxylation is 1. The molecule has 2 fully saturated rings. The predicted molar refractivity (Wildman–Crippen MR) is 126 cm³/mol. The summed E-state index contributed by atoms with van der Waals surface area (Å²) < 4.78 is 5.98. The Balaban J connectivity index is 1.58. The standard InChI is InChI=1S/C28H44O2/c1-3-5-8-11-23-14-16-26(17-15-23)30-27(29)28(20-6-4-2)21-18-25(19-22-28)24-12-9-7-10-13-24/h14-17,24-25H,3-13,18-22H2,1-2H3/t25-,28+. The van der Waals surface area contributed by atoms with E-state index >= 15 is 0 Å². The highest BCUT2D eigenvalue weighted by Crippen LogP contribution is 2.48. The number of rotatable bonds is 10. The first-order valence-electron chi connectivity index (χ1n) is 13.0. The van der Waals surface area contributed by atoms with Crippen LogP contribution >= 0.6 is 0 Å². The fourth-order valence-electron chi connectivity index (χ4n) is 5.86. The van der Waals surface area contributed by atoms with Crippen molar-refractivity contribution >= 4 is 5.97 Å². The smallest absolute Gasteiger partial charge is 0.317 e. The minimum atomic E-state index is -0.249. The van der Waals surface area contributed by atoms with Crippen LogP contribution in [0.25, 0.3) is 0 Å². The molecular formula is C28H44O2. The van der Waals surface area contributed by atoms with Crippen molar-refractivity contribution in [1.82, 2.24) is 0 Å². The summed E-state index contributed by atoms with van der Waals surface area (Å²) >= 11 is 0. The van der Waals surface area contributed by atoms with Crippen LogP contribution in [0.4, 0.5) is 0 Å². The van der Waals surface area contributed by atoms with Gasteiger partial charge >= 0.3 is 5.97 Å². The van der Waals surface area contributed by atoms with Gasteiger partial charge in [-0.25, -0.2) is 0 Å². The van der Waals surface area contributed by atoms with Gasteiger partial charge in [-0.1, -0.05) is 83.8 Å². The zero-order valence-corrected chi connectivity index (χ0v) is 19.6. The molecule has 2 saturated carbocycles. The molecule has 0 heterocycles. The van der Waals surface area contributed by atoms with E-state index in [1.54, 1.807) is 0 Å². The first-order chi connectivity index (χ1) is 14.7. The van der Waals surface area contributed by atoms with E-state index in [4.69, 9.17) is 4.74 Å². The highest BCUT2D eigenvalue weighted by molar-refractivity contribution is 5.79. The molecule has 0 aromatic heterocycles. The van der Waals surface area contributed by atoms with Crippen molar-refractivity contribution in [3.63, 3.8) is 0 Å². The molecule has 2 heteroatoms. The van der Waals surface area contributed by atoms with E-state index in [1.165, 1.54) is 69.8 Å². The second-order valence-corrected chi connectivity index (χ2v) is 10.1. The summed E-state index contributed by atoms with van der Waals surface area (Å²) in [5.41, 5.74) is 1.10. The number of ether oxygens (including phenoxy) is 1. The number of hydrogen-bond acceptors (Lipinski definition) is 2. The van der Waals surface area contributed by atoms with E-state index in [0.717, 1.165) is 56.1 Å². The lowest BCUT2D eigenvalue weighted by Crippen LogP contribution is -2.40. The van der Waals surface area contributed by atoms with Gasteiger partial charge in [-0.05, 0) is 74.5 Å². The van der Waals surface area contributed by atoms with Gasteiger partial charge in [-0.2, -0.15) is 0 Å². The molecule has 2 nitrogen and oxygen atoms in total. The van der Waals surface area contributed by atoms with E-state index in [9.17, 15) is 4.79 Å². The van der Waals surface area contributed by atoms with Crippen LogP contribution in [0.5, 0.6) is 5.75 Å². The number of esters is 1. The molecule has 30 heavy (non-hydrogen) atoms. The molecule has 0 unspecified atom stereocenters. The maximum atomic E-state index is 13.4. The van der Waals surface area contributed by atoms with Gasteiger partial charge in [0.15, 0.2) is 0 Å². The third-order valence-corrected chi connectivity index (χ3v) is 7.95. The first-order valence-corrected chi connectivity index (χ1v) is 13.0. The van der Waals surface area contributed by atoms with E-state index < -0.39 is 0 Å². The molecule has 0 radical (unpaired) electrons. The molecule has 0 atom stereocenters. The second kappa shape index (κ2) is 11.9. The Labute approximate surface area is 185 Å². The molecule has 0 N–H and O–H groups in total. The number of carbonyl (C=O) groups excluding carboxylic acids is 1. The Morgan fingerprint density at radius 2 is 1.50 bits per heavy atom. The monoisotopic (exact) mass is 412 g/mol. The fourth-order valence-corrected chi connectivity index (χ4v) is 5.86. The van der Waals surface area contributed by atoms with E-state index in [2.05, 4.69) is 26.0 Å². The third-order valence-electron chi connectivity index (χ3n) is 7.95. The molecule has 1 aromatic rings. The summed E-state index contributed by atoms with van der Waals surface area (Å²) in [5.74, 6) is 2.52. The summed E-state index contributed by atoms with van der Waals surface area (Å²) in [4.78, 5) is 13.4. The number of unbranched alkanes of at least 4 members (excludes halogenated alkanes) is 3. The summed E-state index contributed by atoms with van der Waals surface area (Å²) in [6.45, 7) is 4.46. The van der Waals surface area contributed by atoms with Crippen LogP contribution in [0, 0.1) is 17.3 Å². The molecule has 0 amide bonds. The highest BCUT2D eigenvalue weighted by atomic mass is 16.5. The molecule has 0 saturated heterocycles. The minimum Gasteiger partial charge on any atom is -0.426 e. The van der Waals surface area contributed by atoms with Crippen LogP contribution in [-0.4, -0.2) is 5.97 Å². The fraction of sp³-hybridized carbons (Fsp3) is 0.750. The number of benzene rings is 1. The second-order valence-electron chi connectivity index (χ2n) is 10.1. The lowest BCUT2D eigenvalue weighted by atomic mass is 9.63. The molecule has 0 aliphatic heterocycles. The lowest BCUT2D eigenvalue weighted by Gasteiger charge is -2.41. The van der Waals surface area contributed by atoms with Gasteiger partial charge < -0.3 is 4.74 Å². The normalized spacial score (nSPS) is 25.2. The van der Waals surface area contributed by atoms with Crippen molar-refractivity contribution in [2.75, 3.05) is 0 Å². The van der Waals surface area contributed by atoms with Gasteiger partial charge in [-0.3, -0.25) is 4.79 Å². The van der Waals surface area contributed by atoms with Crippen LogP contribution in [0.3, 0.4) is 0 Å². The van der Waals surface area contributed by atoms with E-state index in [0.29, 0.717) is 0 Å². The average Bonchev–Trinajstić information content (AvgIpc) is 2.80. The first kappa shape index (κ1) is 23.4. The molecule has 2 aliphatic rings. The number of hydrogen-bond donors (Lipinski definition) is 0. The summed E-state index contributed by atoms with van der Waals surface area (Å²) in [6, 6.07) is 8.27. The molecule has 0 bridgehead atoms. The minimum absolute atomic E-state index is 0.0387. The van der Waals surface area contributed by atoms with Crippen molar-refractivity contribution in [2.24, 2.45) is 17.3 Å². The van der Waals surface area contributed by atoms with Crippen LogP contribution in [0.15, 0.2) is 24.3 Å². The van der Waals surface area contributed by atoms with E-state index in [1.807, 2.05) is 12.1 Å². The van der Waals surface area contributed by atoms with Crippen LogP contribution in [0.1, 0.15) is 116 Å². The van der Waals surface area contributed by atoms with Crippen molar-refractivity contribution in [2.45, 2.75) is 117 Å². The Morgan fingerprint density at radius 3 is 2.13 bits per heavy atom. The van der Waals surface area contributed by atoms with Crippen LogP contribution in [-0.2, 0) is 11.2 Å². The van der Waals surface area contributed by atoms with E-state index in [-0.39, 0.29) is 11.4 Å². The zero-order chi connectivity index (χ0) is 21.2. The topological polar surface area (TPSA) is 26.3 Å². The van der Waals surface area contributed by atoms with Crippen LogP contribution < -0.4 is 4.74 Å². The van der Waals surface area contributed by atoms with Crippen molar-refractivity contribution in [3.05, 3.63) is 29.8 Å². The molecule has 1 aromatic carbocycles. The van der Waals surface area contributed by atoms with Crippen molar-refractivity contribution < 1.29 is 9.53 Å². The molecular weight excluding hydrogens is 368 g/mol. The Bertz CT molecular complexity index is 619. The predicted octanol–water partition coefficient (Wildman–Crippen LogP) is 8.27. The van der Waals surface area contributed by atoms with Crippen LogP contribution in [0.2, 0.25) is 0 Å². The Kier molecular flexibility index (Phi) is 9.27. The quantitative estimate of drug-likeness (QED) is 0.219. The van der Waals surface area contributed by atoms with Gasteiger partial charge in [0.25, 0.3) is 0 Å². The number of carbonyl (C=O) groups is 1. The van der Waals surface area contributed by atoms with Gasteiger partial charge in [0, 0.05) is 0 Å². The average molecular weight is 413 g/mol. The molecule has 168 valence electrons. The molecule has 0 spiro atoms. The molecule has 2 aliphatic carbocycles. The maximum absolute atomic E-state index is 13.4.